The molecule has 2 aromatic rings. The van der Waals surface area contributed by atoms with Gasteiger partial charge in [0.1, 0.15) is 11.3 Å². The predicted octanol–water partition coefficient (Wildman–Crippen LogP) is 4.68. The summed E-state index contributed by atoms with van der Waals surface area (Å²) in [6.07, 6.45) is 0. The Labute approximate surface area is 133 Å². The van der Waals surface area contributed by atoms with Crippen molar-refractivity contribution in [2.45, 2.75) is 16.7 Å². The van der Waals surface area contributed by atoms with Crippen molar-refractivity contribution in [3.8, 4) is 5.75 Å². The Morgan fingerprint density at radius 1 is 1.14 bits per heavy atom. The van der Waals surface area contributed by atoms with E-state index in [-0.39, 0.29) is 5.97 Å². The zero-order valence-electron chi connectivity index (χ0n) is 11.8. The zero-order chi connectivity index (χ0) is 15.2. The number of carbonyl (C=O) groups excluding carboxylic acids is 1. The third-order valence-corrected chi connectivity index (χ3v) is 3.97. The van der Waals surface area contributed by atoms with Crippen LogP contribution in [0.3, 0.4) is 0 Å². The Morgan fingerprint density at radius 2 is 1.81 bits per heavy atom. The number of benzene rings is 2. The summed E-state index contributed by atoms with van der Waals surface area (Å²) < 4.78 is 10.3. The minimum absolute atomic E-state index is 0.330. The fourth-order valence-electron chi connectivity index (χ4n) is 1.76. The third kappa shape index (κ3) is 4.16. The molecule has 0 amide bonds. The molecule has 0 heterocycles. The Morgan fingerprint density at radius 3 is 2.43 bits per heavy atom. The van der Waals surface area contributed by atoms with Crippen molar-refractivity contribution >= 4 is 29.3 Å². The summed E-state index contributed by atoms with van der Waals surface area (Å²) in [5.41, 5.74) is 0.429. The summed E-state index contributed by atoms with van der Waals surface area (Å²) in [7, 11) is 1.53. The van der Waals surface area contributed by atoms with Gasteiger partial charge in [0.05, 0.1) is 13.7 Å². The number of hydrogen-bond donors (Lipinski definition) is 0. The van der Waals surface area contributed by atoms with Crippen LogP contribution in [0.1, 0.15) is 17.3 Å². The van der Waals surface area contributed by atoms with E-state index in [1.54, 1.807) is 30.8 Å². The molecule has 0 unspecified atom stereocenters. The van der Waals surface area contributed by atoms with Crippen LogP contribution < -0.4 is 4.74 Å². The maximum Gasteiger partial charge on any atom is 0.341 e. The Kier molecular flexibility index (Phi) is 5.53. The second-order valence-electron chi connectivity index (χ2n) is 4.14. The molecule has 110 valence electrons. The fraction of sp³-hybridized carbons (Fsp3) is 0.188. The number of methoxy groups -OCH3 is 1. The highest BCUT2D eigenvalue weighted by Crippen LogP contribution is 2.32. The second kappa shape index (κ2) is 7.38. The quantitative estimate of drug-likeness (QED) is 0.749. The molecule has 0 spiro atoms. The van der Waals surface area contributed by atoms with Crippen LogP contribution in [0, 0.1) is 0 Å². The van der Waals surface area contributed by atoms with Gasteiger partial charge in [-0.15, -0.1) is 0 Å². The lowest BCUT2D eigenvalue weighted by Crippen LogP contribution is -2.06. The van der Waals surface area contributed by atoms with Crippen LogP contribution >= 0.6 is 23.4 Å². The van der Waals surface area contributed by atoms with Crippen molar-refractivity contribution in [1.29, 1.82) is 0 Å². The third-order valence-electron chi connectivity index (χ3n) is 2.72. The molecule has 0 radical (unpaired) electrons. The maximum absolute atomic E-state index is 11.9. The Balaban J connectivity index is 2.26. The van der Waals surface area contributed by atoms with Crippen molar-refractivity contribution in [2.24, 2.45) is 0 Å². The summed E-state index contributed by atoms with van der Waals surface area (Å²) in [6.45, 7) is 2.10. The van der Waals surface area contributed by atoms with Crippen molar-refractivity contribution < 1.29 is 14.3 Å². The minimum Gasteiger partial charge on any atom is -0.496 e. The zero-order valence-corrected chi connectivity index (χ0v) is 13.3. The molecule has 0 bridgehead atoms. The van der Waals surface area contributed by atoms with Gasteiger partial charge >= 0.3 is 5.97 Å². The summed E-state index contributed by atoms with van der Waals surface area (Å²) in [6, 6.07) is 13.0. The van der Waals surface area contributed by atoms with E-state index in [1.807, 2.05) is 30.3 Å². The molecule has 2 rings (SSSR count). The van der Waals surface area contributed by atoms with Crippen LogP contribution in [0.2, 0.25) is 5.02 Å². The Hall–Kier alpha value is -1.65. The van der Waals surface area contributed by atoms with Crippen LogP contribution in [-0.2, 0) is 4.74 Å². The van der Waals surface area contributed by atoms with Crippen molar-refractivity contribution in [3.05, 3.63) is 53.1 Å². The number of hydrogen-bond acceptors (Lipinski definition) is 4. The molecule has 0 aliphatic carbocycles. The number of rotatable bonds is 5. The van der Waals surface area contributed by atoms with Gasteiger partial charge in [-0.3, -0.25) is 0 Å². The first kappa shape index (κ1) is 15.7. The first-order valence-electron chi connectivity index (χ1n) is 6.42. The topological polar surface area (TPSA) is 35.5 Å². The summed E-state index contributed by atoms with van der Waals surface area (Å²) in [4.78, 5) is 13.9. The number of carbonyl (C=O) groups is 1. The van der Waals surface area contributed by atoms with E-state index in [1.165, 1.54) is 7.11 Å². The largest absolute Gasteiger partial charge is 0.496 e. The highest BCUT2D eigenvalue weighted by molar-refractivity contribution is 7.99. The molecule has 0 atom stereocenters. The van der Waals surface area contributed by atoms with Crippen molar-refractivity contribution in [1.82, 2.24) is 0 Å². The SMILES string of the molecule is CCOC(=O)c1cc(Sc2ccc(Cl)cc2)ccc1OC. The molecule has 0 aliphatic rings. The van der Waals surface area contributed by atoms with E-state index in [0.29, 0.717) is 22.9 Å². The number of ether oxygens (including phenoxy) is 2. The highest BCUT2D eigenvalue weighted by atomic mass is 35.5. The lowest BCUT2D eigenvalue weighted by Gasteiger charge is -2.10. The molecule has 0 fully saturated rings. The standard InChI is InChI=1S/C16H15ClO3S/c1-3-20-16(18)14-10-13(8-9-15(14)19-2)21-12-6-4-11(17)5-7-12/h4-10H,3H2,1-2H3. The molecule has 2 aromatic carbocycles. The van der Waals surface area contributed by atoms with E-state index in [4.69, 9.17) is 21.1 Å². The second-order valence-corrected chi connectivity index (χ2v) is 5.72. The number of esters is 1. The van der Waals surface area contributed by atoms with Crippen molar-refractivity contribution in [2.75, 3.05) is 13.7 Å². The molecule has 5 heteroatoms. The molecule has 0 saturated heterocycles. The predicted molar refractivity (Wildman–Crippen MR) is 84.5 cm³/mol. The average molecular weight is 323 g/mol. The summed E-state index contributed by atoms with van der Waals surface area (Å²) in [5, 5.41) is 0.696. The molecule has 0 N–H and O–H groups in total. The molecule has 0 saturated carbocycles. The molecule has 21 heavy (non-hydrogen) atoms. The van der Waals surface area contributed by atoms with Gasteiger partial charge in [-0.1, -0.05) is 23.4 Å². The van der Waals surface area contributed by atoms with Gasteiger partial charge in [0.15, 0.2) is 0 Å². The molecule has 0 aromatic heterocycles. The molecule has 0 aliphatic heterocycles. The van der Waals surface area contributed by atoms with Crippen LogP contribution in [-0.4, -0.2) is 19.7 Å². The van der Waals surface area contributed by atoms with E-state index < -0.39 is 0 Å². The van der Waals surface area contributed by atoms with Gasteiger partial charge in [-0.25, -0.2) is 4.79 Å². The minimum atomic E-state index is -0.382. The first-order chi connectivity index (χ1) is 10.1. The van der Waals surface area contributed by atoms with E-state index in [2.05, 4.69) is 0 Å². The van der Waals surface area contributed by atoms with Gasteiger partial charge < -0.3 is 9.47 Å². The summed E-state index contributed by atoms with van der Waals surface area (Å²) >= 11 is 7.41. The normalized spacial score (nSPS) is 10.2. The number of halogens is 1. The van der Waals surface area contributed by atoms with Crippen LogP contribution in [0.25, 0.3) is 0 Å². The smallest absolute Gasteiger partial charge is 0.341 e. The van der Waals surface area contributed by atoms with Crippen LogP contribution in [0.5, 0.6) is 5.75 Å². The molecular formula is C16H15ClO3S. The summed E-state index contributed by atoms with van der Waals surface area (Å²) in [5.74, 6) is 0.127. The lowest BCUT2D eigenvalue weighted by molar-refractivity contribution is 0.0522. The lowest BCUT2D eigenvalue weighted by atomic mass is 10.2. The highest BCUT2D eigenvalue weighted by Gasteiger charge is 2.14. The van der Waals surface area contributed by atoms with Crippen LogP contribution in [0.4, 0.5) is 0 Å². The van der Waals surface area contributed by atoms with E-state index in [9.17, 15) is 4.79 Å². The van der Waals surface area contributed by atoms with Crippen molar-refractivity contribution in [3.63, 3.8) is 0 Å². The maximum atomic E-state index is 11.9. The average Bonchev–Trinajstić information content (AvgIpc) is 2.50. The monoisotopic (exact) mass is 322 g/mol. The van der Waals surface area contributed by atoms with Gasteiger partial charge in [-0.2, -0.15) is 0 Å². The van der Waals surface area contributed by atoms with Gasteiger partial charge in [0.25, 0.3) is 0 Å². The Bertz CT molecular complexity index is 626. The molecule has 3 nitrogen and oxygen atoms in total. The van der Waals surface area contributed by atoms with Crippen LogP contribution in [0.15, 0.2) is 52.3 Å². The van der Waals surface area contributed by atoms with Gasteiger partial charge in [0, 0.05) is 14.8 Å². The van der Waals surface area contributed by atoms with E-state index >= 15 is 0 Å². The van der Waals surface area contributed by atoms with E-state index in [0.717, 1.165) is 9.79 Å². The fourth-order valence-corrected chi connectivity index (χ4v) is 2.74. The molecular weight excluding hydrogens is 308 g/mol. The van der Waals surface area contributed by atoms with Gasteiger partial charge in [0.2, 0.25) is 0 Å². The van der Waals surface area contributed by atoms with Gasteiger partial charge in [-0.05, 0) is 49.4 Å². The first-order valence-corrected chi connectivity index (χ1v) is 7.62.